The first-order valence-electron chi connectivity index (χ1n) is 10.5. The van der Waals surface area contributed by atoms with Crippen molar-refractivity contribution in [3.05, 3.63) is 34.9 Å². The summed E-state index contributed by atoms with van der Waals surface area (Å²) >= 11 is 0. The molecule has 1 spiro atoms. The Balaban J connectivity index is 1.64. The summed E-state index contributed by atoms with van der Waals surface area (Å²) in [4.78, 5) is 26.8. The van der Waals surface area contributed by atoms with E-state index < -0.39 is 53.2 Å². The fraction of sp³-hybridized carbons (Fsp3) is 0.571. The zero-order valence-electron chi connectivity index (χ0n) is 18.2. The third-order valence-corrected chi connectivity index (χ3v) is 6.31. The summed E-state index contributed by atoms with van der Waals surface area (Å²) in [6.45, 7) is -0.227. The molecule has 198 valence electrons. The average molecular weight is 531 g/mol. The highest BCUT2D eigenvalue weighted by atomic mass is 19.4. The Morgan fingerprint density at radius 1 is 0.917 bits per heavy atom. The molecule has 0 bridgehead atoms. The van der Waals surface area contributed by atoms with Gasteiger partial charge < -0.3 is 14.5 Å². The minimum absolute atomic E-state index is 0.0732. The van der Waals surface area contributed by atoms with Crippen LogP contribution < -0.4 is 0 Å². The van der Waals surface area contributed by atoms with Crippen molar-refractivity contribution in [1.82, 2.24) is 9.80 Å². The lowest BCUT2D eigenvalue weighted by atomic mass is 9.78. The first kappa shape index (κ1) is 27.4. The Morgan fingerprint density at radius 3 is 1.92 bits per heavy atom. The second kappa shape index (κ2) is 9.36. The Morgan fingerprint density at radius 2 is 1.44 bits per heavy atom. The maximum Gasteiger partial charge on any atom is 0.434 e. The molecule has 2 fully saturated rings. The summed E-state index contributed by atoms with van der Waals surface area (Å²) in [5, 5.41) is 8.88. The molecule has 2 saturated heterocycles. The number of piperidine rings is 1. The van der Waals surface area contributed by atoms with Gasteiger partial charge in [0.2, 0.25) is 0 Å². The molecule has 0 saturated carbocycles. The molecule has 2 heterocycles. The van der Waals surface area contributed by atoms with Crippen LogP contribution in [0.3, 0.4) is 0 Å². The maximum absolute atomic E-state index is 13.2. The van der Waals surface area contributed by atoms with Crippen LogP contribution in [-0.4, -0.2) is 66.4 Å². The first-order valence-corrected chi connectivity index (χ1v) is 10.5. The zero-order valence-corrected chi connectivity index (χ0v) is 18.2. The smallest absolute Gasteiger partial charge is 0.426 e. The summed E-state index contributed by atoms with van der Waals surface area (Å²) in [5.74, 6) is -0.720. The summed E-state index contributed by atoms with van der Waals surface area (Å²) in [7, 11) is 0. The van der Waals surface area contributed by atoms with Gasteiger partial charge in [-0.3, -0.25) is 4.79 Å². The second-order valence-electron chi connectivity index (χ2n) is 8.68. The summed E-state index contributed by atoms with van der Waals surface area (Å²) < 4.78 is 119. The monoisotopic (exact) mass is 531 g/mol. The van der Waals surface area contributed by atoms with E-state index in [4.69, 9.17) is 5.26 Å². The maximum atomic E-state index is 13.2. The van der Waals surface area contributed by atoms with Gasteiger partial charge in [-0.25, -0.2) is 4.79 Å². The number of nitriles is 1. The molecule has 1 aromatic rings. The fourth-order valence-electron chi connectivity index (χ4n) is 4.37. The average Bonchev–Trinajstić information content (AvgIpc) is 3.18. The van der Waals surface area contributed by atoms with Gasteiger partial charge in [-0.15, -0.1) is 0 Å². The van der Waals surface area contributed by atoms with Crippen LogP contribution in [0.1, 0.15) is 40.7 Å². The molecular weight excluding hydrogens is 513 g/mol. The first-order chi connectivity index (χ1) is 16.5. The van der Waals surface area contributed by atoms with Crippen LogP contribution in [0.15, 0.2) is 18.2 Å². The molecule has 36 heavy (non-hydrogen) atoms. The number of carbonyl (C=O) groups excluding carboxylic acids is 2. The van der Waals surface area contributed by atoms with Crippen LogP contribution in [0.2, 0.25) is 0 Å². The number of ether oxygens (including phenoxy) is 1. The number of alkyl halides is 9. The molecule has 0 unspecified atom stereocenters. The highest BCUT2D eigenvalue weighted by molar-refractivity contribution is 5.95. The van der Waals surface area contributed by atoms with Crippen molar-refractivity contribution >= 4 is 12.0 Å². The number of likely N-dealkylation sites (tertiary alicyclic amines) is 2. The van der Waals surface area contributed by atoms with Crippen LogP contribution >= 0.6 is 0 Å². The highest BCUT2D eigenvalue weighted by Crippen LogP contribution is 2.42. The van der Waals surface area contributed by atoms with Gasteiger partial charge >= 0.3 is 24.6 Å². The van der Waals surface area contributed by atoms with Crippen molar-refractivity contribution in [3.63, 3.8) is 0 Å². The van der Waals surface area contributed by atoms with Gasteiger partial charge in [0.1, 0.15) is 0 Å². The Kier molecular flexibility index (Phi) is 7.13. The van der Waals surface area contributed by atoms with E-state index in [1.807, 2.05) is 0 Å². The number of amides is 2. The van der Waals surface area contributed by atoms with Crippen LogP contribution in [0.5, 0.6) is 0 Å². The Labute approximate surface area is 198 Å². The van der Waals surface area contributed by atoms with Gasteiger partial charge in [0.05, 0.1) is 17.2 Å². The predicted molar refractivity (Wildman–Crippen MR) is 102 cm³/mol. The second-order valence-corrected chi connectivity index (χ2v) is 8.68. The molecule has 0 N–H and O–H groups in total. The van der Waals surface area contributed by atoms with Gasteiger partial charge in [0.25, 0.3) is 12.0 Å². The molecule has 0 atom stereocenters. The molecule has 0 aliphatic carbocycles. The van der Waals surface area contributed by atoms with E-state index in [0.717, 1.165) is 17.0 Å². The summed E-state index contributed by atoms with van der Waals surface area (Å²) in [6.07, 6.45) is -21.9. The summed E-state index contributed by atoms with van der Waals surface area (Å²) in [6, 6.07) is 3.98. The minimum atomic E-state index is -5.84. The normalized spacial score (nSPS) is 18.5. The van der Waals surface area contributed by atoms with Crippen molar-refractivity contribution in [2.24, 2.45) is 5.41 Å². The lowest BCUT2D eigenvalue weighted by Crippen LogP contribution is -2.50. The fourth-order valence-corrected chi connectivity index (χ4v) is 4.37. The van der Waals surface area contributed by atoms with Crippen molar-refractivity contribution in [1.29, 1.82) is 5.26 Å². The largest absolute Gasteiger partial charge is 0.434 e. The molecule has 2 aliphatic heterocycles. The Hall–Kier alpha value is -3.18. The van der Waals surface area contributed by atoms with Gasteiger partial charge in [-0.05, 0) is 42.9 Å². The third kappa shape index (κ3) is 5.79. The van der Waals surface area contributed by atoms with Crippen LogP contribution in [0.4, 0.5) is 44.3 Å². The molecule has 15 heteroatoms. The molecule has 0 aromatic heterocycles. The van der Waals surface area contributed by atoms with Gasteiger partial charge in [-0.1, -0.05) is 0 Å². The number of nitrogens with zero attached hydrogens (tertiary/aromatic N) is 3. The van der Waals surface area contributed by atoms with Crippen molar-refractivity contribution in [2.75, 3.05) is 26.2 Å². The highest BCUT2D eigenvalue weighted by Gasteiger charge is 2.60. The molecule has 6 nitrogen and oxygen atoms in total. The quantitative estimate of drug-likeness (QED) is 0.496. The van der Waals surface area contributed by atoms with E-state index in [1.54, 1.807) is 0 Å². The number of benzene rings is 1. The van der Waals surface area contributed by atoms with Gasteiger partial charge in [-0.2, -0.15) is 44.8 Å². The van der Waals surface area contributed by atoms with E-state index >= 15 is 0 Å². The third-order valence-electron chi connectivity index (χ3n) is 6.31. The molecule has 1 aromatic carbocycles. The standard InChI is InChI=1S/C21H18F9N3O3/c22-19(23,24)14-9-12(1-2-13(14)10-31)15(34)33-8-5-18(11-33)3-6-32(7-4-18)17(35)36-16(20(25,26)27)21(28,29)30/h1-2,9,16H,3-8,11H2. The topological polar surface area (TPSA) is 73.6 Å². The SMILES string of the molecule is N#Cc1ccc(C(=O)N2CCC3(CCN(C(=O)OC(C(F)(F)F)C(F)(F)F)CC3)C2)cc1C(F)(F)F. The van der Waals surface area contributed by atoms with Crippen molar-refractivity contribution in [3.8, 4) is 6.07 Å². The molecule has 0 radical (unpaired) electrons. The van der Waals surface area contributed by atoms with Gasteiger partial charge in [0, 0.05) is 31.7 Å². The lowest BCUT2D eigenvalue weighted by molar-refractivity contribution is -0.308. The van der Waals surface area contributed by atoms with Crippen molar-refractivity contribution in [2.45, 2.75) is 43.9 Å². The molecule has 2 aliphatic rings. The Bertz CT molecular complexity index is 1040. The van der Waals surface area contributed by atoms with E-state index in [1.165, 1.54) is 11.0 Å². The molecular formula is C21H18F9N3O3. The van der Waals surface area contributed by atoms with E-state index in [-0.39, 0.29) is 44.6 Å². The van der Waals surface area contributed by atoms with Crippen molar-refractivity contribution < 1.29 is 53.8 Å². The number of rotatable bonds is 2. The van der Waals surface area contributed by atoms with Crippen LogP contribution in [0, 0.1) is 16.7 Å². The summed E-state index contributed by atoms with van der Waals surface area (Å²) in [5.41, 5.74) is -2.80. The lowest BCUT2D eigenvalue weighted by Gasteiger charge is -2.39. The molecule has 3 rings (SSSR count). The molecule has 2 amide bonds. The van der Waals surface area contributed by atoms with Crippen LogP contribution in [0.25, 0.3) is 0 Å². The van der Waals surface area contributed by atoms with Crippen LogP contribution in [-0.2, 0) is 10.9 Å². The van der Waals surface area contributed by atoms with Gasteiger partial charge in [0.15, 0.2) is 0 Å². The number of hydrogen-bond donors (Lipinski definition) is 0. The van der Waals surface area contributed by atoms with E-state index in [9.17, 15) is 49.1 Å². The van der Waals surface area contributed by atoms with E-state index in [2.05, 4.69) is 4.74 Å². The predicted octanol–water partition coefficient (Wildman–Crippen LogP) is 5.13. The number of carbonyl (C=O) groups is 2. The minimum Gasteiger partial charge on any atom is -0.426 e. The van der Waals surface area contributed by atoms with E-state index in [0.29, 0.717) is 12.5 Å². The zero-order chi connectivity index (χ0) is 27.1. The number of hydrogen-bond acceptors (Lipinski definition) is 4. The number of halogens is 9.